The molecule has 5 heterocycles. The van der Waals surface area contributed by atoms with E-state index in [0.717, 1.165) is 46.7 Å². The van der Waals surface area contributed by atoms with Gasteiger partial charge in [0.15, 0.2) is 0 Å². The Hall–Kier alpha value is -3.40. The Morgan fingerprint density at radius 1 is 0.500 bits per heavy atom. The molecular formula is C36H46N4. The van der Waals surface area contributed by atoms with Gasteiger partial charge in [-0.3, -0.25) is 0 Å². The van der Waals surface area contributed by atoms with Crippen LogP contribution >= 0.6 is 0 Å². The minimum absolute atomic E-state index is 0.994. The first-order chi connectivity index (χ1) is 19.7. The van der Waals surface area contributed by atoms with Gasteiger partial charge in [-0.2, -0.15) is 0 Å². The van der Waals surface area contributed by atoms with Gasteiger partial charge in [-0.25, -0.2) is 9.97 Å². The Balaban J connectivity index is 1.52. The second kappa shape index (κ2) is 14.3. The summed E-state index contributed by atoms with van der Waals surface area (Å²) in [5.74, 6) is 0. The number of fused-ring (bicyclic) bond motifs is 8. The number of aryl methyl sites for hydroxylation is 1. The van der Waals surface area contributed by atoms with Crippen LogP contribution in [-0.2, 0) is 12.8 Å². The monoisotopic (exact) mass is 534 g/mol. The number of H-pyrrole nitrogens is 2. The standard InChI is InChI=1S/C36H46N4/c1-3-5-7-9-11-13-15-31-33-21-17-27(37-33)25-29-19-23-35(39-29)32(16-14-12-10-8-6-4-2)36-24-20-30(40-36)26-28-18-22-34(31)38-28/h17-26,37-38H,3-16H2,1-2H3. The molecule has 2 aliphatic rings. The summed E-state index contributed by atoms with van der Waals surface area (Å²) < 4.78 is 0. The number of nitrogens with one attached hydrogen (secondary N) is 2. The van der Waals surface area contributed by atoms with E-state index in [9.17, 15) is 0 Å². The van der Waals surface area contributed by atoms with Crippen LogP contribution in [0.3, 0.4) is 0 Å². The normalized spacial score (nSPS) is 12.4. The number of nitrogens with zero attached hydrogens (tertiary/aromatic N) is 2. The predicted octanol–water partition coefficient (Wildman–Crippen LogP) is 10.5. The Morgan fingerprint density at radius 2 is 0.950 bits per heavy atom. The molecule has 3 aromatic heterocycles. The molecule has 2 N–H and O–H groups in total. The van der Waals surface area contributed by atoms with Crippen molar-refractivity contribution in [2.45, 2.75) is 104 Å². The zero-order valence-corrected chi connectivity index (χ0v) is 24.6. The van der Waals surface area contributed by atoms with Crippen molar-refractivity contribution in [1.82, 2.24) is 19.9 Å². The average molecular weight is 535 g/mol. The van der Waals surface area contributed by atoms with Gasteiger partial charge >= 0.3 is 0 Å². The van der Waals surface area contributed by atoms with Crippen LogP contribution in [0.25, 0.3) is 46.4 Å². The Morgan fingerprint density at radius 3 is 1.45 bits per heavy atom. The van der Waals surface area contributed by atoms with Crippen molar-refractivity contribution in [3.05, 3.63) is 70.3 Å². The number of hydrogen-bond acceptors (Lipinski definition) is 2. The summed E-state index contributed by atoms with van der Waals surface area (Å²) in [6.07, 6.45) is 26.2. The van der Waals surface area contributed by atoms with Crippen molar-refractivity contribution in [3.63, 3.8) is 0 Å². The van der Waals surface area contributed by atoms with Gasteiger partial charge in [0, 0.05) is 27.6 Å². The van der Waals surface area contributed by atoms with E-state index in [4.69, 9.17) is 9.97 Å². The van der Waals surface area contributed by atoms with Crippen molar-refractivity contribution in [1.29, 1.82) is 0 Å². The van der Waals surface area contributed by atoms with Crippen molar-refractivity contribution in [3.8, 4) is 0 Å². The summed E-state index contributed by atoms with van der Waals surface area (Å²) in [6.45, 7) is 4.55. The molecule has 40 heavy (non-hydrogen) atoms. The zero-order valence-electron chi connectivity index (χ0n) is 24.6. The Bertz CT molecular complexity index is 1390. The van der Waals surface area contributed by atoms with Crippen LogP contribution in [0.2, 0.25) is 0 Å². The fourth-order valence-electron chi connectivity index (χ4n) is 5.88. The highest BCUT2D eigenvalue weighted by molar-refractivity contribution is 5.80. The van der Waals surface area contributed by atoms with E-state index in [1.165, 1.54) is 99.2 Å². The maximum absolute atomic E-state index is 5.06. The third-order valence-corrected chi connectivity index (χ3v) is 8.18. The van der Waals surface area contributed by atoms with E-state index < -0.39 is 0 Å². The maximum Gasteiger partial charge on any atom is 0.0691 e. The van der Waals surface area contributed by atoms with Crippen molar-refractivity contribution < 1.29 is 0 Å². The molecule has 4 nitrogen and oxygen atoms in total. The maximum atomic E-state index is 5.06. The highest BCUT2D eigenvalue weighted by atomic mass is 14.8. The number of hydrogen-bond donors (Lipinski definition) is 2. The average Bonchev–Trinajstić information content (AvgIpc) is 3.77. The van der Waals surface area contributed by atoms with Crippen LogP contribution in [0.4, 0.5) is 0 Å². The van der Waals surface area contributed by atoms with Crippen LogP contribution in [-0.4, -0.2) is 19.9 Å². The predicted molar refractivity (Wildman–Crippen MR) is 173 cm³/mol. The van der Waals surface area contributed by atoms with Crippen LogP contribution in [0, 0.1) is 0 Å². The second-order valence-electron chi connectivity index (χ2n) is 11.4. The first-order valence-corrected chi connectivity index (χ1v) is 15.8. The molecule has 0 atom stereocenters. The molecule has 0 amide bonds. The van der Waals surface area contributed by atoms with E-state index in [1.807, 2.05) is 0 Å². The van der Waals surface area contributed by atoms with Crippen molar-refractivity contribution in [2.24, 2.45) is 0 Å². The fraction of sp³-hybridized carbons (Fsp3) is 0.444. The summed E-state index contributed by atoms with van der Waals surface area (Å²) in [5.41, 5.74) is 11.3. The van der Waals surface area contributed by atoms with Gasteiger partial charge in [0.25, 0.3) is 0 Å². The lowest BCUT2D eigenvalue weighted by molar-refractivity contribution is 0.606. The molecule has 0 fully saturated rings. The highest BCUT2D eigenvalue weighted by Gasteiger charge is 2.12. The van der Waals surface area contributed by atoms with Gasteiger partial charge in [-0.1, -0.05) is 78.1 Å². The first-order valence-electron chi connectivity index (χ1n) is 15.8. The highest BCUT2D eigenvalue weighted by Crippen LogP contribution is 2.25. The van der Waals surface area contributed by atoms with E-state index in [0.29, 0.717) is 0 Å². The lowest BCUT2D eigenvalue weighted by atomic mass is 10.0. The van der Waals surface area contributed by atoms with Crippen LogP contribution in [0.15, 0.2) is 36.4 Å². The quantitative estimate of drug-likeness (QED) is 0.139. The molecule has 0 radical (unpaired) electrons. The molecule has 0 unspecified atom stereocenters. The number of aromatic amines is 2. The number of unbranched alkanes of at least 4 members (excludes halogenated alkanes) is 10. The number of rotatable bonds is 14. The Kier molecular flexibility index (Phi) is 10.1. The largest absolute Gasteiger partial charge is 0.355 e. The minimum atomic E-state index is 0.994. The molecule has 2 aliphatic heterocycles. The molecule has 0 aromatic carbocycles. The van der Waals surface area contributed by atoms with Gasteiger partial charge in [-0.05, 0) is 91.9 Å². The first kappa shape index (κ1) is 28.1. The third-order valence-electron chi connectivity index (χ3n) is 8.18. The summed E-state index contributed by atoms with van der Waals surface area (Å²) in [4.78, 5) is 17.5. The Labute approximate surface area is 240 Å². The molecular weight excluding hydrogens is 488 g/mol. The van der Waals surface area contributed by atoms with E-state index in [2.05, 4.69) is 84.5 Å². The van der Waals surface area contributed by atoms with E-state index in [1.54, 1.807) is 0 Å². The molecule has 0 spiro atoms. The third kappa shape index (κ3) is 7.41. The molecule has 3 aromatic rings. The zero-order chi connectivity index (χ0) is 27.6. The topological polar surface area (TPSA) is 57.4 Å². The lowest BCUT2D eigenvalue weighted by Crippen LogP contribution is -1.95. The van der Waals surface area contributed by atoms with Crippen molar-refractivity contribution in [2.75, 3.05) is 0 Å². The second-order valence-corrected chi connectivity index (χ2v) is 11.4. The molecule has 210 valence electrons. The molecule has 0 saturated carbocycles. The van der Waals surface area contributed by atoms with Gasteiger partial charge in [-0.15, -0.1) is 0 Å². The molecule has 8 bridgehead atoms. The number of aromatic nitrogens is 4. The molecule has 5 rings (SSSR count). The lowest BCUT2D eigenvalue weighted by Gasteiger charge is -2.05. The molecule has 0 saturated heterocycles. The van der Waals surface area contributed by atoms with Crippen molar-refractivity contribution >= 4 is 46.4 Å². The van der Waals surface area contributed by atoms with Gasteiger partial charge in [0.05, 0.1) is 22.8 Å². The minimum Gasteiger partial charge on any atom is -0.355 e. The van der Waals surface area contributed by atoms with E-state index >= 15 is 0 Å². The van der Waals surface area contributed by atoms with Gasteiger partial charge in [0.2, 0.25) is 0 Å². The molecule has 0 aliphatic carbocycles. The summed E-state index contributed by atoms with van der Waals surface area (Å²) in [7, 11) is 0. The van der Waals surface area contributed by atoms with Crippen LogP contribution in [0.1, 0.15) is 125 Å². The van der Waals surface area contributed by atoms with Crippen LogP contribution in [0.5, 0.6) is 0 Å². The SMILES string of the molecule is CCCCCCCCc1c2nc(cc3ccc([nH]3)c(CCCCCCCC)c3ccc(cc4nc1C=C4)[nH]3)C=C2. The van der Waals surface area contributed by atoms with Gasteiger partial charge < -0.3 is 9.97 Å². The molecule has 4 heteroatoms. The summed E-state index contributed by atoms with van der Waals surface area (Å²) >= 11 is 0. The van der Waals surface area contributed by atoms with E-state index in [-0.39, 0.29) is 0 Å². The smallest absolute Gasteiger partial charge is 0.0691 e. The summed E-state index contributed by atoms with van der Waals surface area (Å²) in [5, 5.41) is 0. The van der Waals surface area contributed by atoms with Crippen LogP contribution < -0.4 is 0 Å². The van der Waals surface area contributed by atoms with Gasteiger partial charge in [0.1, 0.15) is 0 Å². The summed E-state index contributed by atoms with van der Waals surface area (Å²) in [6, 6.07) is 13.2. The fourth-order valence-corrected chi connectivity index (χ4v) is 5.88.